The van der Waals surface area contributed by atoms with Crippen molar-refractivity contribution in [2.75, 3.05) is 31.1 Å². The van der Waals surface area contributed by atoms with Crippen LogP contribution >= 0.6 is 0 Å². The van der Waals surface area contributed by atoms with Crippen molar-refractivity contribution in [1.29, 1.82) is 0 Å². The Hall–Kier alpha value is -3.81. The van der Waals surface area contributed by atoms with Gasteiger partial charge in [-0.1, -0.05) is 12.1 Å². The number of carbonyl (C=O) groups is 1. The molecule has 31 heavy (non-hydrogen) atoms. The van der Waals surface area contributed by atoms with Gasteiger partial charge in [0.05, 0.1) is 16.7 Å². The van der Waals surface area contributed by atoms with E-state index in [-0.39, 0.29) is 11.6 Å². The number of aromatic nitrogens is 4. The van der Waals surface area contributed by atoms with Crippen molar-refractivity contribution in [3.63, 3.8) is 0 Å². The number of anilines is 1. The summed E-state index contributed by atoms with van der Waals surface area (Å²) in [7, 11) is 0. The maximum Gasteiger partial charge on any atom is 0.330 e. The fourth-order valence-electron chi connectivity index (χ4n) is 4.13. The summed E-state index contributed by atoms with van der Waals surface area (Å²) in [5.41, 5.74) is 3.98. The topological polar surface area (TPSA) is 90.0 Å². The zero-order chi connectivity index (χ0) is 21.4. The zero-order valence-electron chi connectivity index (χ0n) is 17.3. The van der Waals surface area contributed by atoms with Crippen LogP contribution < -0.4 is 10.6 Å². The number of benzene rings is 2. The maximum absolute atomic E-state index is 13.1. The second-order valence-corrected chi connectivity index (χ2v) is 7.83. The predicted molar refractivity (Wildman–Crippen MR) is 120 cm³/mol. The molecular weight excluding hydrogens is 392 g/mol. The van der Waals surface area contributed by atoms with E-state index in [1.54, 1.807) is 22.9 Å². The fraction of sp³-hybridized carbons (Fsp3) is 0.261. The molecule has 1 saturated heterocycles. The number of carbonyl (C=O) groups excluding carboxylic acids is 1. The molecule has 3 heterocycles. The van der Waals surface area contributed by atoms with Gasteiger partial charge in [0.15, 0.2) is 0 Å². The number of fused-ring (bicyclic) bond motifs is 1. The SMILES string of the molecule is Cc1c[nH]c(=O)n1-c1ccc(C(=O)N2CCCN(c3nc4ccccc4[nH]3)CC2)cc1. The van der Waals surface area contributed by atoms with Crippen LogP contribution in [0.25, 0.3) is 16.7 Å². The summed E-state index contributed by atoms with van der Waals surface area (Å²) in [6, 6.07) is 15.2. The van der Waals surface area contributed by atoms with Crippen LogP contribution in [0.3, 0.4) is 0 Å². The van der Waals surface area contributed by atoms with Gasteiger partial charge in [-0.15, -0.1) is 0 Å². The molecule has 1 fully saturated rings. The first-order chi connectivity index (χ1) is 15.1. The number of imidazole rings is 2. The van der Waals surface area contributed by atoms with Crippen molar-refractivity contribution in [3.8, 4) is 5.69 Å². The molecule has 5 rings (SSSR count). The largest absolute Gasteiger partial charge is 0.341 e. The lowest BCUT2D eigenvalue weighted by molar-refractivity contribution is 0.0767. The summed E-state index contributed by atoms with van der Waals surface area (Å²) in [6.07, 6.45) is 2.55. The summed E-state index contributed by atoms with van der Waals surface area (Å²) in [5.74, 6) is 0.864. The smallest absolute Gasteiger partial charge is 0.330 e. The van der Waals surface area contributed by atoms with Gasteiger partial charge in [0.1, 0.15) is 0 Å². The van der Waals surface area contributed by atoms with E-state index in [1.165, 1.54) is 0 Å². The van der Waals surface area contributed by atoms with Gasteiger partial charge in [-0.2, -0.15) is 0 Å². The van der Waals surface area contributed by atoms with Crippen LogP contribution in [0, 0.1) is 6.92 Å². The first-order valence-electron chi connectivity index (χ1n) is 10.5. The zero-order valence-corrected chi connectivity index (χ0v) is 17.3. The molecule has 2 N–H and O–H groups in total. The maximum atomic E-state index is 13.1. The Morgan fingerprint density at radius 3 is 2.55 bits per heavy atom. The Morgan fingerprint density at radius 1 is 1.00 bits per heavy atom. The third-order valence-electron chi connectivity index (χ3n) is 5.79. The molecule has 0 bridgehead atoms. The van der Waals surface area contributed by atoms with E-state index >= 15 is 0 Å². The molecule has 1 aliphatic rings. The van der Waals surface area contributed by atoms with Crippen molar-refractivity contribution in [2.45, 2.75) is 13.3 Å². The Balaban J connectivity index is 1.29. The number of nitrogens with zero attached hydrogens (tertiary/aromatic N) is 4. The predicted octanol–water partition coefficient (Wildman–Crippen LogP) is 2.70. The highest BCUT2D eigenvalue weighted by Crippen LogP contribution is 2.19. The molecule has 2 aromatic carbocycles. The van der Waals surface area contributed by atoms with Gasteiger partial charge in [-0.25, -0.2) is 9.78 Å². The van der Waals surface area contributed by atoms with Crippen molar-refractivity contribution >= 4 is 22.9 Å². The van der Waals surface area contributed by atoms with E-state index in [2.05, 4.69) is 14.9 Å². The summed E-state index contributed by atoms with van der Waals surface area (Å²) >= 11 is 0. The number of nitrogens with one attached hydrogen (secondary N) is 2. The van der Waals surface area contributed by atoms with Crippen LogP contribution in [0.5, 0.6) is 0 Å². The second-order valence-electron chi connectivity index (χ2n) is 7.83. The Labute approximate surface area is 179 Å². The Morgan fingerprint density at radius 2 is 1.81 bits per heavy atom. The lowest BCUT2D eigenvalue weighted by Crippen LogP contribution is -2.35. The molecule has 0 spiro atoms. The molecule has 0 atom stereocenters. The number of hydrogen-bond acceptors (Lipinski definition) is 4. The van der Waals surface area contributed by atoms with Gasteiger partial charge in [0.2, 0.25) is 5.95 Å². The first kappa shape index (κ1) is 19.2. The molecule has 1 aliphatic heterocycles. The van der Waals surface area contributed by atoms with Crippen LogP contribution in [0.15, 0.2) is 59.5 Å². The van der Waals surface area contributed by atoms with E-state index in [9.17, 15) is 9.59 Å². The summed E-state index contributed by atoms with van der Waals surface area (Å²) in [5, 5.41) is 0. The molecule has 0 unspecified atom stereocenters. The number of H-pyrrole nitrogens is 2. The average molecular weight is 416 g/mol. The lowest BCUT2D eigenvalue weighted by atomic mass is 10.1. The standard InChI is InChI=1S/C23H24N6O2/c1-16-15-24-23(31)29(16)18-9-7-17(8-10-18)21(30)27-11-4-12-28(14-13-27)22-25-19-5-2-3-6-20(19)26-22/h2-3,5-10,15H,4,11-14H2,1H3,(H,24,31)(H,25,26). The number of para-hydroxylation sites is 2. The quantitative estimate of drug-likeness (QED) is 0.537. The van der Waals surface area contributed by atoms with Gasteiger partial charge < -0.3 is 19.8 Å². The molecule has 0 aliphatic carbocycles. The van der Waals surface area contributed by atoms with Crippen LogP contribution in [-0.4, -0.2) is 56.5 Å². The lowest BCUT2D eigenvalue weighted by Gasteiger charge is -2.22. The van der Waals surface area contributed by atoms with E-state index in [0.29, 0.717) is 18.7 Å². The highest BCUT2D eigenvalue weighted by Gasteiger charge is 2.22. The minimum Gasteiger partial charge on any atom is -0.341 e. The van der Waals surface area contributed by atoms with Gasteiger partial charge in [0.25, 0.3) is 5.91 Å². The van der Waals surface area contributed by atoms with Crippen LogP contribution in [-0.2, 0) is 0 Å². The molecule has 8 heteroatoms. The number of rotatable bonds is 3. The summed E-state index contributed by atoms with van der Waals surface area (Å²) in [4.78, 5) is 39.9. The van der Waals surface area contributed by atoms with Gasteiger partial charge in [-0.3, -0.25) is 9.36 Å². The number of hydrogen-bond donors (Lipinski definition) is 2. The van der Waals surface area contributed by atoms with Crippen molar-refractivity contribution < 1.29 is 4.79 Å². The molecule has 8 nitrogen and oxygen atoms in total. The normalized spacial score (nSPS) is 14.7. The number of amides is 1. The molecule has 1 amide bonds. The third-order valence-corrected chi connectivity index (χ3v) is 5.79. The first-order valence-corrected chi connectivity index (χ1v) is 10.5. The Bertz CT molecular complexity index is 1250. The van der Waals surface area contributed by atoms with Crippen LogP contribution in [0.2, 0.25) is 0 Å². The van der Waals surface area contributed by atoms with Crippen molar-refractivity contribution in [1.82, 2.24) is 24.4 Å². The average Bonchev–Trinajstić information content (AvgIpc) is 3.27. The summed E-state index contributed by atoms with van der Waals surface area (Å²) in [6.45, 7) is 4.77. The molecule has 0 radical (unpaired) electrons. The van der Waals surface area contributed by atoms with Gasteiger partial charge in [-0.05, 0) is 49.7 Å². The highest BCUT2D eigenvalue weighted by atomic mass is 16.2. The van der Waals surface area contributed by atoms with Crippen molar-refractivity contribution in [2.24, 2.45) is 0 Å². The Kier molecular flexibility index (Phi) is 4.82. The van der Waals surface area contributed by atoms with E-state index < -0.39 is 0 Å². The summed E-state index contributed by atoms with van der Waals surface area (Å²) < 4.78 is 1.59. The molecule has 4 aromatic rings. The van der Waals surface area contributed by atoms with E-state index in [1.807, 2.05) is 48.2 Å². The molecular formula is C23H24N6O2. The van der Waals surface area contributed by atoms with E-state index in [0.717, 1.165) is 47.9 Å². The monoisotopic (exact) mass is 416 g/mol. The van der Waals surface area contributed by atoms with Crippen LogP contribution in [0.1, 0.15) is 22.5 Å². The number of aryl methyl sites for hydroxylation is 1. The second kappa shape index (κ2) is 7.79. The highest BCUT2D eigenvalue weighted by molar-refractivity contribution is 5.94. The minimum atomic E-state index is -0.185. The molecule has 158 valence electrons. The van der Waals surface area contributed by atoms with Crippen LogP contribution in [0.4, 0.5) is 5.95 Å². The van der Waals surface area contributed by atoms with E-state index in [4.69, 9.17) is 4.98 Å². The molecule has 2 aromatic heterocycles. The minimum absolute atomic E-state index is 0.0103. The number of aromatic amines is 2. The fourth-order valence-corrected chi connectivity index (χ4v) is 4.13. The van der Waals surface area contributed by atoms with Crippen molar-refractivity contribution in [3.05, 3.63) is 76.5 Å². The molecule has 0 saturated carbocycles. The third kappa shape index (κ3) is 3.61. The van der Waals surface area contributed by atoms with Gasteiger partial charge >= 0.3 is 5.69 Å². The van der Waals surface area contributed by atoms with Gasteiger partial charge in [0, 0.05) is 43.6 Å².